The summed E-state index contributed by atoms with van der Waals surface area (Å²) in [5.41, 5.74) is 1.43. The number of nitrogens with one attached hydrogen (secondary N) is 1. The number of H-pyrrole nitrogens is 1. The molecule has 0 saturated heterocycles. The Morgan fingerprint density at radius 2 is 2.00 bits per heavy atom. The number of aromatic nitrogens is 1. The summed E-state index contributed by atoms with van der Waals surface area (Å²) in [6.07, 6.45) is 1.75. The zero-order valence-electron chi connectivity index (χ0n) is 9.21. The second-order valence-electron chi connectivity index (χ2n) is 3.71. The predicted octanol–water partition coefficient (Wildman–Crippen LogP) is 3.41. The lowest BCUT2D eigenvalue weighted by Crippen LogP contribution is -2.09. The standard InChI is InChI=1S/C13H8Cl2N2O/c14-9-1-2-12(15)10(6-9)11-5-8(3-4-16)7-17-13(11)18/h1-2,5-7H,3H2,(H,17,18). The summed E-state index contributed by atoms with van der Waals surface area (Å²) in [6, 6.07) is 8.60. The third-order valence-corrected chi connectivity index (χ3v) is 3.03. The molecule has 0 radical (unpaired) electrons. The maximum Gasteiger partial charge on any atom is 0.255 e. The Morgan fingerprint density at radius 1 is 1.22 bits per heavy atom. The third kappa shape index (κ3) is 2.56. The summed E-state index contributed by atoms with van der Waals surface area (Å²) in [5.74, 6) is 0. The van der Waals surface area contributed by atoms with E-state index in [1.807, 2.05) is 6.07 Å². The molecule has 0 bridgehead atoms. The van der Waals surface area contributed by atoms with Crippen LogP contribution in [0.1, 0.15) is 5.56 Å². The fourth-order valence-electron chi connectivity index (χ4n) is 1.63. The number of benzene rings is 1. The fourth-order valence-corrected chi connectivity index (χ4v) is 2.02. The Bertz CT molecular complexity index is 686. The highest BCUT2D eigenvalue weighted by Gasteiger charge is 2.09. The number of nitrogens with zero attached hydrogens (tertiary/aromatic N) is 1. The van der Waals surface area contributed by atoms with Crippen LogP contribution in [0.4, 0.5) is 0 Å². The minimum Gasteiger partial charge on any atom is -0.328 e. The van der Waals surface area contributed by atoms with Gasteiger partial charge in [-0.1, -0.05) is 23.2 Å². The van der Waals surface area contributed by atoms with Crippen molar-refractivity contribution in [2.75, 3.05) is 0 Å². The molecule has 0 aliphatic carbocycles. The Morgan fingerprint density at radius 3 is 2.72 bits per heavy atom. The molecule has 0 atom stereocenters. The van der Waals surface area contributed by atoms with E-state index in [0.717, 1.165) is 5.56 Å². The SMILES string of the molecule is N#CCc1c[nH]c(=O)c(-c2cc(Cl)ccc2Cl)c1. The van der Waals surface area contributed by atoms with Gasteiger partial charge in [-0.15, -0.1) is 0 Å². The molecular formula is C13H8Cl2N2O. The molecule has 0 spiro atoms. The van der Waals surface area contributed by atoms with E-state index >= 15 is 0 Å². The van der Waals surface area contributed by atoms with Crippen LogP contribution in [-0.4, -0.2) is 4.98 Å². The van der Waals surface area contributed by atoms with E-state index in [1.54, 1.807) is 24.3 Å². The van der Waals surface area contributed by atoms with Crippen LogP contribution in [0.25, 0.3) is 11.1 Å². The zero-order valence-corrected chi connectivity index (χ0v) is 10.7. The van der Waals surface area contributed by atoms with Gasteiger partial charge in [0.15, 0.2) is 0 Å². The maximum atomic E-state index is 11.8. The highest BCUT2D eigenvalue weighted by Crippen LogP contribution is 2.28. The minimum atomic E-state index is -0.263. The van der Waals surface area contributed by atoms with Crippen LogP contribution in [0, 0.1) is 11.3 Å². The largest absolute Gasteiger partial charge is 0.328 e. The summed E-state index contributed by atoms with van der Waals surface area (Å²) in [6.45, 7) is 0. The van der Waals surface area contributed by atoms with E-state index in [2.05, 4.69) is 4.98 Å². The molecule has 1 aromatic heterocycles. The molecule has 2 aromatic rings. The highest BCUT2D eigenvalue weighted by molar-refractivity contribution is 6.35. The van der Waals surface area contributed by atoms with E-state index in [9.17, 15) is 4.79 Å². The van der Waals surface area contributed by atoms with Crippen molar-refractivity contribution in [3.8, 4) is 17.2 Å². The van der Waals surface area contributed by atoms with E-state index in [4.69, 9.17) is 28.5 Å². The molecule has 90 valence electrons. The van der Waals surface area contributed by atoms with E-state index in [1.165, 1.54) is 6.20 Å². The normalized spacial score (nSPS) is 10.1. The smallest absolute Gasteiger partial charge is 0.255 e. The van der Waals surface area contributed by atoms with Gasteiger partial charge in [-0.05, 0) is 29.8 Å². The molecule has 0 aliphatic heterocycles. The first-order valence-corrected chi connectivity index (χ1v) is 5.91. The zero-order chi connectivity index (χ0) is 13.1. The molecule has 3 nitrogen and oxygen atoms in total. The van der Waals surface area contributed by atoms with Gasteiger partial charge >= 0.3 is 0 Å². The highest BCUT2D eigenvalue weighted by atomic mass is 35.5. The Labute approximate surface area is 114 Å². The molecule has 2 rings (SSSR count). The Hall–Kier alpha value is -1.76. The van der Waals surface area contributed by atoms with E-state index in [-0.39, 0.29) is 12.0 Å². The predicted molar refractivity (Wildman–Crippen MR) is 71.8 cm³/mol. The molecule has 0 fully saturated rings. The quantitative estimate of drug-likeness (QED) is 0.915. The van der Waals surface area contributed by atoms with Gasteiger partial charge in [0.05, 0.1) is 12.5 Å². The first-order valence-electron chi connectivity index (χ1n) is 5.16. The lowest BCUT2D eigenvalue weighted by Gasteiger charge is -2.05. The van der Waals surface area contributed by atoms with Gasteiger partial charge in [-0.2, -0.15) is 5.26 Å². The third-order valence-electron chi connectivity index (χ3n) is 2.46. The number of nitriles is 1. The number of pyridine rings is 1. The van der Waals surface area contributed by atoms with Crippen LogP contribution in [0.2, 0.25) is 10.0 Å². The number of aromatic amines is 1. The van der Waals surface area contributed by atoms with Gasteiger partial charge in [0.1, 0.15) is 0 Å². The molecule has 1 N–H and O–H groups in total. The van der Waals surface area contributed by atoms with Crippen LogP contribution in [-0.2, 0) is 6.42 Å². The molecule has 5 heteroatoms. The first-order chi connectivity index (χ1) is 8.61. The fraction of sp³-hybridized carbons (Fsp3) is 0.0769. The van der Waals surface area contributed by atoms with Crippen molar-refractivity contribution in [2.45, 2.75) is 6.42 Å². The van der Waals surface area contributed by atoms with Gasteiger partial charge in [0.2, 0.25) is 0 Å². The van der Waals surface area contributed by atoms with Gasteiger partial charge in [0.25, 0.3) is 5.56 Å². The monoisotopic (exact) mass is 278 g/mol. The van der Waals surface area contributed by atoms with Crippen LogP contribution in [0.15, 0.2) is 35.3 Å². The van der Waals surface area contributed by atoms with Crippen molar-refractivity contribution in [3.63, 3.8) is 0 Å². The number of halogens is 2. The molecule has 0 amide bonds. The Balaban J connectivity index is 2.63. The summed E-state index contributed by atoms with van der Waals surface area (Å²) < 4.78 is 0. The topological polar surface area (TPSA) is 56.6 Å². The molecule has 0 aliphatic rings. The van der Waals surface area contributed by atoms with E-state index in [0.29, 0.717) is 21.2 Å². The Kier molecular flexibility index (Phi) is 3.71. The minimum absolute atomic E-state index is 0.224. The molecule has 1 heterocycles. The van der Waals surface area contributed by atoms with Crippen LogP contribution >= 0.6 is 23.2 Å². The van der Waals surface area contributed by atoms with Crippen LogP contribution in [0.5, 0.6) is 0 Å². The second kappa shape index (κ2) is 5.26. The first kappa shape index (κ1) is 12.7. The summed E-state index contributed by atoms with van der Waals surface area (Å²) >= 11 is 12.0. The average Bonchev–Trinajstić information content (AvgIpc) is 2.35. The average molecular weight is 279 g/mol. The molecule has 0 saturated carbocycles. The van der Waals surface area contributed by atoms with Crippen molar-refractivity contribution in [1.29, 1.82) is 5.26 Å². The lowest BCUT2D eigenvalue weighted by molar-refractivity contribution is 1.15. The molecular weight excluding hydrogens is 271 g/mol. The number of rotatable bonds is 2. The summed E-state index contributed by atoms with van der Waals surface area (Å²) in [4.78, 5) is 14.4. The molecule has 18 heavy (non-hydrogen) atoms. The molecule has 1 aromatic carbocycles. The van der Waals surface area contributed by atoms with Crippen molar-refractivity contribution < 1.29 is 0 Å². The van der Waals surface area contributed by atoms with Crippen LogP contribution < -0.4 is 5.56 Å². The maximum absolute atomic E-state index is 11.8. The van der Waals surface area contributed by atoms with Gasteiger partial charge in [-0.25, -0.2) is 0 Å². The van der Waals surface area contributed by atoms with Gasteiger partial charge < -0.3 is 4.98 Å². The van der Waals surface area contributed by atoms with Gasteiger partial charge in [0, 0.05) is 27.4 Å². The van der Waals surface area contributed by atoms with Crippen LogP contribution in [0.3, 0.4) is 0 Å². The van der Waals surface area contributed by atoms with E-state index < -0.39 is 0 Å². The summed E-state index contributed by atoms with van der Waals surface area (Å²) in [5, 5.41) is 9.60. The van der Waals surface area contributed by atoms with Crippen molar-refractivity contribution >= 4 is 23.2 Å². The number of hydrogen-bond donors (Lipinski definition) is 1. The van der Waals surface area contributed by atoms with Crippen molar-refractivity contribution in [2.24, 2.45) is 0 Å². The molecule has 0 unspecified atom stereocenters. The number of hydrogen-bond acceptors (Lipinski definition) is 2. The van der Waals surface area contributed by atoms with Gasteiger partial charge in [-0.3, -0.25) is 4.79 Å². The lowest BCUT2D eigenvalue weighted by atomic mass is 10.0. The second-order valence-corrected chi connectivity index (χ2v) is 4.55. The summed E-state index contributed by atoms with van der Waals surface area (Å²) in [7, 11) is 0. The van der Waals surface area contributed by atoms with Crippen molar-refractivity contribution in [3.05, 3.63) is 56.4 Å². The van der Waals surface area contributed by atoms with Crippen molar-refractivity contribution in [1.82, 2.24) is 4.98 Å².